The molecule has 2 aromatic rings. The fourth-order valence-corrected chi connectivity index (χ4v) is 2.69. The standard InChI is InChI=1S/C15H18N4O/c1-9-14(10(2)19-18-9)17-15(20)12-7-8-16-13-6-4-3-5-11(12)13/h3-6,12,16H,7-8H2,1-2H3,(H,17,20)(H,18,19). The van der Waals surface area contributed by atoms with Gasteiger partial charge in [-0.1, -0.05) is 18.2 Å². The van der Waals surface area contributed by atoms with Crippen LogP contribution in [0, 0.1) is 13.8 Å². The Balaban J connectivity index is 1.86. The van der Waals surface area contributed by atoms with E-state index in [1.165, 1.54) is 0 Å². The number of carbonyl (C=O) groups is 1. The topological polar surface area (TPSA) is 69.8 Å². The van der Waals surface area contributed by atoms with Crippen LogP contribution in [0.2, 0.25) is 0 Å². The van der Waals surface area contributed by atoms with E-state index >= 15 is 0 Å². The molecule has 0 radical (unpaired) electrons. The van der Waals surface area contributed by atoms with E-state index in [1.807, 2.05) is 38.1 Å². The van der Waals surface area contributed by atoms with E-state index in [-0.39, 0.29) is 11.8 Å². The van der Waals surface area contributed by atoms with Crippen molar-refractivity contribution in [3.05, 3.63) is 41.2 Å². The third-order valence-corrected chi connectivity index (χ3v) is 3.78. The summed E-state index contributed by atoms with van der Waals surface area (Å²) in [5, 5.41) is 13.3. The lowest BCUT2D eigenvalue weighted by Crippen LogP contribution is -2.27. The van der Waals surface area contributed by atoms with Crippen molar-refractivity contribution in [2.45, 2.75) is 26.2 Å². The van der Waals surface area contributed by atoms with Crippen LogP contribution in [0.5, 0.6) is 0 Å². The van der Waals surface area contributed by atoms with Crippen LogP contribution in [0.4, 0.5) is 11.4 Å². The van der Waals surface area contributed by atoms with Crippen molar-refractivity contribution in [3.8, 4) is 0 Å². The summed E-state index contributed by atoms with van der Waals surface area (Å²) in [7, 11) is 0. The molecule has 0 bridgehead atoms. The van der Waals surface area contributed by atoms with Crippen LogP contribution >= 0.6 is 0 Å². The predicted octanol–water partition coefficient (Wildman–Crippen LogP) is 2.56. The summed E-state index contributed by atoms with van der Waals surface area (Å²) >= 11 is 0. The summed E-state index contributed by atoms with van der Waals surface area (Å²) in [5.74, 6) is -0.0762. The van der Waals surface area contributed by atoms with Gasteiger partial charge < -0.3 is 10.6 Å². The Hall–Kier alpha value is -2.30. The molecular formula is C15H18N4O. The van der Waals surface area contributed by atoms with Gasteiger partial charge in [-0.2, -0.15) is 5.10 Å². The minimum absolute atomic E-state index is 0.0338. The Morgan fingerprint density at radius 2 is 2.15 bits per heavy atom. The van der Waals surface area contributed by atoms with Crippen molar-refractivity contribution in [1.29, 1.82) is 0 Å². The quantitative estimate of drug-likeness (QED) is 0.785. The van der Waals surface area contributed by atoms with Gasteiger partial charge in [0, 0.05) is 12.2 Å². The normalized spacial score (nSPS) is 17.2. The van der Waals surface area contributed by atoms with Gasteiger partial charge in [-0.05, 0) is 31.9 Å². The first kappa shape index (κ1) is 12.7. The van der Waals surface area contributed by atoms with Crippen LogP contribution in [0.1, 0.15) is 29.3 Å². The molecule has 1 aliphatic rings. The first-order valence-corrected chi connectivity index (χ1v) is 6.82. The second-order valence-corrected chi connectivity index (χ2v) is 5.15. The van der Waals surface area contributed by atoms with E-state index in [0.717, 1.165) is 41.3 Å². The molecule has 1 aromatic heterocycles. The number of H-pyrrole nitrogens is 1. The van der Waals surface area contributed by atoms with Gasteiger partial charge in [0.1, 0.15) is 0 Å². The number of amides is 1. The molecule has 3 N–H and O–H groups in total. The number of fused-ring (bicyclic) bond motifs is 1. The van der Waals surface area contributed by atoms with E-state index in [2.05, 4.69) is 20.8 Å². The SMILES string of the molecule is Cc1n[nH]c(C)c1NC(=O)C1CCNc2ccccc21. The molecule has 20 heavy (non-hydrogen) atoms. The fourth-order valence-electron chi connectivity index (χ4n) is 2.69. The molecule has 0 saturated heterocycles. The Labute approximate surface area is 117 Å². The average Bonchev–Trinajstić information content (AvgIpc) is 2.78. The number of benzene rings is 1. The van der Waals surface area contributed by atoms with Gasteiger partial charge in [0.15, 0.2) is 0 Å². The van der Waals surface area contributed by atoms with E-state index in [9.17, 15) is 4.79 Å². The van der Waals surface area contributed by atoms with Gasteiger partial charge in [-0.3, -0.25) is 9.89 Å². The summed E-state index contributed by atoms with van der Waals surface area (Å²) < 4.78 is 0. The number of anilines is 2. The Morgan fingerprint density at radius 1 is 1.35 bits per heavy atom. The molecule has 104 valence electrons. The molecule has 3 rings (SSSR count). The van der Waals surface area contributed by atoms with Gasteiger partial charge in [0.05, 0.1) is 23.0 Å². The second kappa shape index (κ2) is 5.00. The lowest BCUT2D eigenvalue weighted by Gasteiger charge is -2.25. The first-order valence-electron chi connectivity index (χ1n) is 6.82. The van der Waals surface area contributed by atoms with Gasteiger partial charge in [0.2, 0.25) is 5.91 Å². The zero-order chi connectivity index (χ0) is 14.1. The van der Waals surface area contributed by atoms with E-state index in [4.69, 9.17) is 0 Å². The molecule has 5 nitrogen and oxygen atoms in total. The van der Waals surface area contributed by atoms with Gasteiger partial charge >= 0.3 is 0 Å². The van der Waals surface area contributed by atoms with Crippen molar-refractivity contribution < 1.29 is 4.79 Å². The lowest BCUT2D eigenvalue weighted by molar-refractivity contribution is -0.117. The smallest absolute Gasteiger partial charge is 0.232 e. The fraction of sp³-hybridized carbons (Fsp3) is 0.333. The highest BCUT2D eigenvalue weighted by atomic mass is 16.1. The van der Waals surface area contributed by atoms with Gasteiger partial charge in [-0.25, -0.2) is 0 Å². The summed E-state index contributed by atoms with van der Waals surface area (Å²) in [6, 6.07) is 7.99. The molecule has 1 atom stereocenters. The first-order chi connectivity index (χ1) is 9.66. The number of carbonyl (C=O) groups excluding carboxylic acids is 1. The average molecular weight is 270 g/mol. The van der Waals surface area contributed by atoms with E-state index in [0.29, 0.717) is 0 Å². The zero-order valence-corrected chi connectivity index (χ0v) is 11.7. The highest BCUT2D eigenvalue weighted by Crippen LogP contribution is 2.32. The van der Waals surface area contributed by atoms with Crippen molar-refractivity contribution in [2.75, 3.05) is 17.2 Å². The van der Waals surface area contributed by atoms with Crippen LogP contribution in [0.3, 0.4) is 0 Å². The monoisotopic (exact) mass is 270 g/mol. The van der Waals surface area contributed by atoms with Crippen molar-refractivity contribution in [3.63, 3.8) is 0 Å². The molecule has 0 fully saturated rings. The zero-order valence-electron chi connectivity index (χ0n) is 11.7. The second-order valence-electron chi connectivity index (χ2n) is 5.15. The number of aromatic nitrogens is 2. The predicted molar refractivity (Wildman–Crippen MR) is 79.0 cm³/mol. The number of nitrogens with zero attached hydrogens (tertiary/aromatic N) is 1. The van der Waals surface area contributed by atoms with Crippen molar-refractivity contribution in [2.24, 2.45) is 0 Å². The molecule has 1 unspecified atom stereocenters. The summed E-state index contributed by atoms with van der Waals surface area (Å²) in [6.45, 7) is 4.61. The number of aromatic amines is 1. The van der Waals surface area contributed by atoms with Gasteiger partial charge in [-0.15, -0.1) is 0 Å². The highest BCUT2D eigenvalue weighted by Gasteiger charge is 2.27. The van der Waals surface area contributed by atoms with Crippen LogP contribution in [0.15, 0.2) is 24.3 Å². The van der Waals surface area contributed by atoms with Crippen molar-refractivity contribution >= 4 is 17.3 Å². The third kappa shape index (κ3) is 2.15. The molecule has 0 aliphatic carbocycles. The molecule has 1 aliphatic heterocycles. The highest BCUT2D eigenvalue weighted by molar-refractivity contribution is 5.98. The van der Waals surface area contributed by atoms with Crippen LogP contribution in [-0.2, 0) is 4.79 Å². The number of aryl methyl sites for hydroxylation is 2. The molecule has 0 saturated carbocycles. The minimum Gasteiger partial charge on any atom is -0.385 e. The number of hydrogen-bond acceptors (Lipinski definition) is 3. The summed E-state index contributed by atoms with van der Waals surface area (Å²) in [6.07, 6.45) is 0.804. The van der Waals surface area contributed by atoms with Crippen molar-refractivity contribution in [1.82, 2.24) is 10.2 Å². The van der Waals surface area contributed by atoms with Crippen LogP contribution in [-0.4, -0.2) is 22.6 Å². The lowest BCUT2D eigenvalue weighted by atomic mass is 9.90. The summed E-state index contributed by atoms with van der Waals surface area (Å²) in [4.78, 5) is 12.6. The molecule has 1 amide bonds. The molecule has 2 heterocycles. The Bertz CT molecular complexity index is 628. The molecule has 1 aromatic carbocycles. The molecular weight excluding hydrogens is 252 g/mol. The van der Waals surface area contributed by atoms with E-state index < -0.39 is 0 Å². The summed E-state index contributed by atoms with van der Waals surface area (Å²) in [5.41, 5.74) is 4.62. The largest absolute Gasteiger partial charge is 0.385 e. The number of rotatable bonds is 2. The Morgan fingerprint density at radius 3 is 2.90 bits per heavy atom. The number of nitrogens with one attached hydrogen (secondary N) is 3. The maximum Gasteiger partial charge on any atom is 0.232 e. The molecule has 5 heteroatoms. The Kier molecular flexibility index (Phi) is 3.18. The van der Waals surface area contributed by atoms with E-state index in [1.54, 1.807) is 0 Å². The third-order valence-electron chi connectivity index (χ3n) is 3.78. The minimum atomic E-state index is -0.110. The maximum atomic E-state index is 12.6. The maximum absolute atomic E-state index is 12.6. The van der Waals surface area contributed by atoms with Gasteiger partial charge in [0.25, 0.3) is 0 Å². The number of hydrogen-bond donors (Lipinski definition) is 3. The van der Waals surface area contributed by atoms with Crippen LogP contribution in [0.25, 0.3) is 0 Å². The molecule has 0 spiro atoms. The number of para-hydroxylation sites is 1. The van der Waals surface area contributed by atoms with Crippen LogP contribution < -0.4 is 10.6 Å².